The Kier molecular flexibility index (Phi) is 5.39. The minimum Gasteiger partial charge on any atom is -0.258 e. The third-order valence-electron chi connectivity index (χ3n) is 4.64. The first-order chi connectivity index (χ1) is 15.3. The van der Waals surface area contributed by atoms with E-state index in [0.717, 1.165) is 0 Å². The smallest absolute Gasteiger partial charge is 0.258 e. The lowest BCUT2D eigenvalue weighted by Crippen LogP contribution is -1.89. The monoisotopic (exact) mass is 448 g/mol. The van der Waals surface area contributed by atoms with Crippen molar-refractivity contribution in [2.24, 2.45) is 0 Å². The van der Waals surface area contributed by atoms with Crippen LogP contribution in [0.25, 0.3) is 32.3 Å². The molecule has 0 aliphatic carbocycles. The Morgan fingerprint density at radius 1 is 0.562 bits per heavy atom. The highest BCUT2D eigenvalue weighted by Gasteiger charge is 2.18. The van der Waals surface area contributed by atoms with E-state index in [4.69, 9.17) is 0 Å². The fraction of sp³-hybridized carbons (Fsp3) is 0. The third kappa shape index (κ3) is 4.04. The van der Waals surface area contributed by atoms with Crippen LogP contribution in [0.5, 0.6) is 0 Å². The molecular formula is C21H12N4O6S. The van der Waals surface area contributed by atoms with Gasteiger partial charge in [0.15, 0.2) is 0 Å². The zero-order valence-corrected chi connectivity index (χ0v) is 16.9. The average Bonchev–Trinajstić information content (AvgIpc) is 3.24. The quantitative estimate of drug-likeness (QED) is 0.265. The molecule has 1 aromatic heterocycles. The SMILES string of the molecule is O=[N+]([O-])c1ccc(-c2nc(-c3ccc([N+](=O)[O-])cc3)c(-c3ccc([N+](=O)[O-])cc3)s2)cc1. The van der Waals surface area contributed by atoms with E-state index >= 15 is 0 Å². The molecule has 10 nitrogen and oxygen atoms in total. The molecule has 0 amide bonds. The zero-order chi connectivity index (χ0) is 22.8. The number of benzene rings is 3. The van der Waals surface area contributed by atoms with E-state index in [1.165, 1.54) is 47.7 Å². The molecule has 32 heavy (non-hydrogen) atoms. The molecule has 0 fully saturated rings. The lowest BCUT2D eigenvalue weighted by Gasteiger charge is -2.03. The lowest BCUT2D eigenvalue weighted by molar-refractivity contribution is -0.385. The minimum atomic E-state index is -0.496. The molecule has 4 rings (SSSR count). The normalized spacial score (nSPS) is 10.6. The Morgan fingerprint density at radius 3 is 1.34 bits per heavy atom. The second-order valence-corrected chi connectivity index (χ2v) is 7.61. The summed E-state index contributed by atoms with van der Waals surface area (Å²) >= 11 is 1.31. The number of nitro groups is 3. The van der Waals surface area contributed by atoms with Crippen LogP contribution in [0.15, 0.2) is 72.8 Å². The summed E-state index contributed by atoms with van der Waals surface area (Å²) in [6, 6.07) is 17.9. The summed E-state index contributed by atoms with van der Waals surface area (Å²) in [5, 5.41) is 33.5. The molecule has 0 spiro atoms. The minimum absolute atomic E-state index is 0.0449. The van der Waals surface area contributed by atoms with E-state index in [1.54, 1.807) is 36.4 Å². The highest BCUT2D eigenvalue weighted by molar-refractivity contribution is 7.19. The second kappa shape index (κ2) is 8.32. The summed E-state index contributed by atoms with van der Waals surface area (Å²) in [7, 11) is 0. The number of rotatable bonds is 6. The summed E-state index contributed by atoms with van der Waals surface area (Å²) in [6.07, 6.45) is 0. The van der Waals surface area contributed by atoms with Crippen LogP contribution in [-0.4, -0.2) is 19.8 Å². The largest absolute Gasteiger partial charge is 0.269 e. The Bertz CT molecular complexity index is 1260. The van der Waals surface area contributed by atoms with Crippen LogP contribution in [0.3, 0.4) is 0 Å². The second-order valence-electron chi connectivity index (χ2n) is 6.61. The standard InChI is InChI=1S/C21H12N4O6S/c26-23(27)16-7-1-13(2-8-16)19-20(14-3-9-17(10-4-14)24(28)29)32-21(22-19)15-5-11-18(12-6-15)25(30)31/h1-12H. The molecule has 0 aliphatic rings. The van der Waals surface area contributed by atoms with Crippen molar-refractivity contribution in [3.8, 4) is 32.3 Å². The number of hydrogen-bond donors (Lipinski definition) is 0. The van der Waals surface area contributed by atoms with Gasteiger partial charge in [0.1, 0.15) is 5.01 Å². The topological polar surface area (TPSA) is 142 Å². The summed E-state index contributed by atoms with van der Waals surface area (Å²) in [5.74, 6) is 0. The first-order valence-corrected chi connectivity index (χ1v) is 9.90. The van der Waals surface area contributed by atoms with Crippen molar-refractivity contribution in [1.29, 1.82) is 0 Å². The number of nitrogens with zero attached hydrogens (tertiary/aromatic N) is 4. The maximum Gasteiger partial charge on any atom is 0.269 e. The van der Waals surface area contributed by atoms with Crippen molar-refractivity contribution < 1.29 is 14.8 Å². The van der Waals surface area contributed by atoms with Gasteiger partial charge in [-0.15, -0.1) is 11.3 Å². The van der Waals surface area contributed by atoms with Gasteiger partial charge in [-0.05, 0) is 42.0 Å². The van der Waals surface area contributed by atoms with Crippen LogP contribution < -0.4 is 0 Å². The van der Waals surface area contributed by atoms with Gasteiger partial charge in [-0.2, -0.15) is 0 Å². The van der Waals surface area contributed by atoms with Gasteiger partial charge in [0.25, 0.3) is 17.1 Å². The number of thiazole rings is 1. The molecule has 158 valence electrons. The number of non-ortho nitro benzene ring substituents is 3. The molecule has 4 aromatic rings. The number of nitro benzene ring substituents is 3. The van der Waals surface area contributed by atoms with Crippen LogP contribution in [-0.2, 0) is 0 Å². The molecule has 0 aliphatic heterocycles. The fourth-order valence-corrected chi connectivity index (χ4v) is 4.13. The van der Waals surface area contributed by atoms with Gasteiger partial charge >= 0.3 is 0 Å². The summed E-state index contributed by atoms with van der Waals surface area (Å²) in [5.41, 5.74) is 2.38. The van der Waals surface area contributed by atoms with E-state index in [1.807, 2.05) is 0 Å². The van der Waals surface area contributed by atoms with Crippen LogP contribution >= 0.6 is 11.3 Å². The van der Waals surface area contributed by atoms with Gasteiger partial charge in [0, 0.05) is 47.5 Å². The molecule has 0 saturated heterocycles. The van der Waals surface area contributed by atoms with Gasteiger partial charge in [0.2, 0.25) is 0 Å². The van der Waals surface area contributed by atoms with Crippen molar-refractivity contribution in [3.63, 3.8) is 0 Å². The predicted octanol–water partition coefficient (Wildman–Crippen LogP) is 5.87. The Hall–Kier alpha value is -4.51. The maximum atomic E-state index is 11.0. The van der Waals surface area contributed by atoms with Crippen LogP contribution in [0.2, 0.25) is 0 Å². The lowest BCUT2D eigenvalue weighted by atomic mass is 10.1. The number of aromatic nitrogens is 1. The van der Waals surface area contributed by atoms with Gasteiger partial charge in [-0.1, -0.05) is 0 Å². The molecule has 0 saturated carbocycles. The Balaban J connectivity index is 1.83. The third-order valence-corrected chi connectivity index (χ3v) is 5.80. The average molecular weight is 448 g/mol. The van der Waals surface area contributed by atoms with Crippen molar-refractivity contribution in [1.82, 2.24) is 4.98 Å². The van der Waals surface area contributed by atoms with Gasteiger partial charge < -0.3 is 0 Å². The van der Waals surface area contributed by atoms with Crippen molar-refractivity contribution in [3.05, 3.63) is 103 Å². The molecule has 0 atom stereocenters. The molecule has 1 heterocycles. The first kappa shape index (κ1) is 20.8. The first-order valence-electron chi connectivity index (χ1n) is 9.09. The Morgan fingerprint density at radius 2 is 0.938 bits per heavy atom. The van der Waals surface area contributed by atoms with E-state index in [2.05, 4.69) is 4.98 Å². The molecule has 3 aromatic carbocycles. The molecule has 0 N–H and O–H groups in total. The van der Waals surface area contributed by atoms with Crippen LogP contribution in [0.4, 0.5) is 17.1 Å². The Labute approximate surface area is 183 Å². The molecule has 0 unspecified atom stereocenters. The summed E-state index contributed by atoms with van der Waals surface area (Å²) in [4.78, 5) is 36.8. The molecular weight excluding hydrogens is 436 g/mol. The highest BCUT2D eigenvalue weighted by Crippen LogP contribution is 2.41. The van der Waals surface area contributed by atoms with Gasteiger partial charge in [0.05, 0.1) is 25.3 Å². The van der Waals surface area contributed by atoms with E-state index in [-0.39, 0.29) is 17.1 Å². The van der Waals surface area contributed by atoms with Crippen LogP contribution in [0.1, 0.15) is 0 Å². The van der Waals surface area contributed by atoms with Gasteiger partial charge in [-0.3, -0.25) is 30.3 Å². The van der Waals surface area contributed by atoms with Crippen molar-refractivity contribution >= 4 is 28.4 Å². The molecule has 11 heteroatoms. The molecule has 0 bridgehead atoms. The zero-order valence-electron chi connectivity index (χ0n) is 16.1. The van der Waals surface area contributed by atoms with Gasteiger partial charge in [-0.25, -0.2) is 4.98 Å². The van der Waals surface area contributed by atoms with Crippen molar-refractivity contribution in [2.75, 3.05) is 0 Å². The molecule has 0 radical (unpaired) electrons. The summed E-state index contributed by atoms with van der Waals surface area (Å²) < 4.78 is 0. The summed E-state index contributed by atoms with van der Waals surface area (Å²) in [6.45, 7) is 0. The predicted molar refractivity (Wildman–Crippen MR) is 118 cm³/mol. The maximum absolute atomic E-state index is 11.0. The van der Waals surface area contributed by atoms with E-state index in [0.29, 0.717) is 32.3 Å². The number of hydrogen-bond acceptors (Lipinski definition) is 8. The van der Waals surface area contributed by atoms with E-state index < -0.39 is 14.8 Å². The van der Waals surface area contributed by atoms with E-state index in [9.17, 15) is 30.3 Å². The fourth-order valence-electron chi connectivity index (χ4n) is 3.04. The highest BCUT2D eigenvalue weighted by atomic mass is 32.1. The van der Waals surface area contributed by atoms with Crippen LogP contribution in [0, 0.1) is 30.3 Å². The van der Waals surface area contributed by atoms with Crippen molar-refractivity contribution in [2.45, 2.75) is 0 Å².